The molecule has 28 heavy (non-hydrogen) atoms. The highest BCUT2D eigenvalue weighted by atomic mass is 15.1. The number of allylic oxidation sites excluding steroid dienone is 2. The van der Waals surface area contributed by atoms with Crippen molar-refractivity contribution in [1.29, 1.82) is 0 Å². The first-order valence-electron chi connectivity index (χ1n) is 9.79. The van der Waals surface area contributed by atoms with E-state index in [-0.39, 0.29) is 5.92 Å². The average Bonchev–Trinajstić information content (AvgIpc) is 2.74. The van der Waals surface area contributed by atoms with Crippen molar-refractivity contribution in [3.8, 4) is 0 Å². The van der Waals surface area contributed by atoms with Gasteiger partial charge in [0, 0.05) is 37.3 Å². The molecule has 3 aromatic carbocycles. The molecule has 0 bridgehead atoms. The molecular formula is C26H27N2+. The van der Waals surface area contributed by atoms with Crippen molar-refractivity contribution >= 4 is 17.5 Å². The smallest absolute Gasteiger partial charge is 0.143 e. The van der Waals surface area contributed by atoms with Crippen LogP contribution in [0.15, 0.2) is 96.7 Å². The van der Waals surface area contributed by atoms with E-state index in [9.17, 15) is 0 Å². The van der Waals surface area contributed by atoms with E-state index in [0.29, 0.717) is 0 Å². The number of benzene rings is 3. The maximum absolute atomic E-state index is 2.40. The minimum atomic E-state index is 0.220. The van der Waals surface area contributed by atoms with Gasteiger partial charge >= 0.3 is 0 Å². The van der Waals surface area contributed by atoms with Gasteiger partial charge in [-0.15, -0.1) is 0 Å². The van der Waals surface area contributed by atoms with E-state index >= 15 is 0 Å². The molecule has 2 atom stereocenters. The summed E-state index contributed by atoms with van der Waals surface area (Å²) >= 11 is 0. The van der Waals surface area contributed by atoms with Crippen molar-refractivity contribution < 1.29 is 4.90 Å². The number of fused-ring (bicyclic) bond motifs is 1. The highest BCUT2D eigenvalue weighted by Gasteiger charge is 2.21. The molecule has 1 N–H and O–H groups in total. The highest BCUT2D eigenvalue weighted by Crippen LogP contribution is 2.29. The van der Waals surface area contributed by atoms with Gasteiger partial charge in [-0.05, 0) is 47.6 Å². The topological polar surface area (TPSA) is 7.68 Å². The maximum atomic E-state index is 2.40. The number of hydrogen-bond donors (Lipinski definition) is 1. The van der Waals surface area contributed by atoms with E-state index in [2.05, 4.69) is 123 Å². The third kappa shape index (κ3) is 3.64. The summed E-state index contributed by atoms with van der Waals surface area (Å²) in [5.74, 6) is 0.220. The molecule has 0 saturated heterocycles. The normalized spacial score (nSPS) is 18.0. The molecule has 2 unspecified atom stereocenters. The monoisotopic (exact) mass is 367 g/mol. The summed E-state index contributed by atoms with van der Waals surface area (Å²) in [6.45, 7) is 0. The Morgan fingerprint density at radius 1 is 0.750 bits per heavy atom. The van der Waals surface area contributed by atoms with E-state index in [1.807, 2.05) is 0 Å². The molecule has 1 aliphatic rings. The van der Waals surface area contributed by atoms with Crippen molar-refractivity contribution in [2.45, 2.75) is 5.92 Å². The largest absolute Gasteiger partial charge is 0.378 e. The quantitative estimate of drug-likeness (QED) is 0.706. The number of para-hydroxylation sites is 1. The van der Waals surface area contributed by atoms with Gasteiger partial charge in [-0.3, -0.25) is 4.90 Å². The Balaban J connectivity index is 1.76. The highest BCUT2D eigenvalue weighted by molar-refractivity contribution is 5.65. The minimum Gasteiger partial charge on any atom is -0.378 e. The summed E-state index contributed by atoms with van der Waals surface area (Å²) in [4.78, 5) is 3.47. The molecule has 0 fully saturated rings. The lowest BCUT2D eigenvalue weighted by Gasteiger charge is -2.23. The molecule has 0 spiro atoms. The van der Waals surface area contributed by atoms with Gasteiger partial charge < -0.3 is 4.90 Å². The molecule has 1 aliphatic heterocycles. The number of anilines is 1. The zero-order chi connectivity index (χ0) is 19.5. The van der Waals surface area contributed by atoms with Crippen molar-refractivity contribution in [3.63, 3.8) is 0 Å². The number of rotatable bonds is 4. The summed E-state index contributed by atoms with van der Waals surface area (Å²) in [6, 6.07) is 28.3. The number of nitrogens with one attached hydrogen (secondary N) is 1. The Hall–Kier alpha value is -3.10. The number of hydrogen-bond acceptors (Lipinski definition) is 1. The van der Waals surface area contributed by atoms with Crippen LogP contribution < -0.4 is 9.80 Å². The first kappa shape index (κ1) is 18.3. The van der Waals surface area contributed by atoms with Crippen molar-refractivity contribution in [3.05, 3.63) is 113 Å². The fraction of sp³-hybridized carbons (Fsp3) is 0.154. The Morgan fingerprint density at radius 3 is 2.11 bits per heavy atom. The number of likely N-dealkylation sites (N-methyl/N-ethyl adjacent to an activating group) is 1. The molecule has 1 heterocycles. The summed E-state index contributed by atoms with van der Waals surface area (Å²) in [5.41, 5.74) is 7.76. The lowest BCUT2D eigenvalue weighted by molar-refractivity contribution is -0.763. The molecule has 3 aromatic rings. The Morgan fingerprint density at radius 2 is 1.39 bits per heavy atom. The predicted octanol–water partition coefficient (Wildman–Crippen LogP) is 4.64. The molecule has 0 aliphatic carbocycles. The van der Waals surface area contributed by atoms with Crippen LogP contribution >= 0.6 is 0 Å². The van der Waals surface area contributed by atoms with Crippen LogP contribution in [0.2, 0.25) is 0 Å². The second-order valence-electron chi connectivity index (χ2n) is 7.54. The maximum Gasteiger partial charge on any atom is 0.143 e. The molecule has 2 heteroatoms. The van der Waals surface area contributed by atoms with Crippen LogP contribution in [0.1, 0.15) is 22.6 Å². The third-order valence-corrected chi connectivity index (χ3v) is 5.51. The molecule has 0 radical (unpaired) electrons. The molecular weight excluding hydrogens is 340 g/mol. The van der Waals surface area contributed by atoms with Gasteiger partial charge in [0.25, 0.3) is 0 Å². The van der Waals surface area contributed by atoms with Gasteiger partial charge in [-0.1, -0.05) is 54.6 Å². The second-order valence-corrected chi connectivity index (χ2v) is 7.54. The van der Waals surface area contributed by atoms with Crippen LogP contribution in [-0.2, 0) is 0 Å². The van der Waals surface area contributed by atoms with Gasteiger partial charge in [0.1, 0.15) is 11.4 Å². The van der Waals surface area contributed by atoms with Gasteiger partial charge in [0.05, 0.1) is 7.05 Å². The van der Waals surface area contributed by atoms with Crippen LogP contribution in [0.5, 0.6) is 0 Å². The average molecular weight is 368 g/mol. The lowest BCUT2D eigenvalue weighted by Crippen LogP contribution is -3.02. The minimum absolute atomic E-state index is 0.220. The Labute approximate surface area is 168 Å². The van der Waals surface area contributed by atoms with Crippen LogP contribution in [-0.4, -0.2) is 21.1 Å². The molecule has 0 amide bonds. The Bertz CT molecular complexity index is 998. The molecule has 4 rings (SSSR count). The molecule has 140 valence electrons. The van der Waals surface area contributed by atoms with Gasteiger partial charge in [-0.25, -0.2) is 0 Å². The van der Waals surface area contributed by atoms with E-state index in [1.54, 1.807) is 0 Å². The van der Waals surface area contributed by atoms with Crippen LogP contribution in [0.4, 0.5) is 11.4 Å². The Kier molecular flexibility index (Phi) is 5.14. The van der Waals surface area contributed by atoms with Crippen LogP contribution in [0, 0.1) is 0 Å². The van der Waals surface area contributed by atoms with Crippen molar-refractivity contribution in [1.82, 2.24) is 0 Å². The van der Waals surface area contributed by atoms with Crippen LogP contribution in [0.25, 0.3) is 6.08 Å². The van der Waals surface area contributed by atoms with Gasteiger partial charge in [-0.2, -0.15) is 0 Å². The molecule has 0 aromatic heterocycles. The zero-order valence-electron chi connectivity index (χ0n) is 16.8. The summed E-state index contributed by atoms with van der Waals surface area (Å²) in [7, 11) is 6.38. The summed E-state index contributed by atoms with van der Waals surface area (Å²) in [6.07, 6.45) is 6.88. The second kappa shape index (κ2) is 7.87. The molecule has 2 nitrogen and oxygen atoms in total. The van der Waals surface area contributed by atoms with E-state index in [4.69, 9.17) is 0 Å². The standard InChI is InChI=1S/C26H26N2/c1-27(2)23-16-13-21(14-17-23)25(20-9-5-4-6-10-20)19-24-18-15-22-11-7-8-12-26(22)28(24)3/h4-19,25H,1-3H3/p+1. The zero-order valence-corrected chi connectivity index (χ0v) is 16.8. The molecule has 0 saturated carbocycles. The first-order chi connectivity index (χ1) is 13.6. The lowest BCUT2D eigenvalue weighted by atomic mass is 9.89. The fourth-order valence-corrected chi connectivity index (χ4v) is 3.83. The first-order valence-corrected chi connectivity index (χ1v) is 9.79. The van der Waals surface area contributed by atoms with E-state index in [1.165, 1.54) is 38.7 Å². The van der Waals surface area contributed by atoms with Gasteiger partial charge in [0.2, 0.25) is 0 Å². The summed E-state index contributed by atoms with van der Waals surface area (Å²) < 4.78 is 0. The van der Waals surface area contributed by atoms with Crippen molar-refractivity contribution in [2.24, 2.45) is 0 Å². The van der Waals surface area contributed by atoms with E-state index in [0.717, 1.165) is 0 Å². The SMILES string of the molecule is CN(C)c1ccc(C(C=C2C=Cc3ccccc3[NH+]2C)c2ccccc2)cc1. The van der Waals surface area contributed by atoms with Gasteiger partial charge in [0.15, 0.2) is 0 Å². The number of nitrogens with zero attached hydrogens (tertiary/aromatic N) is 1. The fourth-order valence-electron chi connectivity index (χ4n) is 3.83. The third-order valence-electron chi connectivity index (χ3n) is 5.51. The van der Waals surface area contributed by atoms with Crippen molar-refractivity contribution in [2.75, 3.05) is 26.0 Å². The van der Waals surface area contributed by atoms with E-state index < -0.39 is 0 Å². The predicted molar refractivity (Wildman–Crippen MR) is 119 cm³/mol. The van der Waals surface area contributed by atoms with Crippen LogP contribution in [0.3, 0.4) is 0 Å². The summed E-state index contributed by atoms with van der Waals surface area (Å²) in [5, 5.41) is 0. The number of quaternary nitrogens is 1.